The van der Waals surface area contributed by atoms with E-state index in [0.717, 1.165) is 45.3 Å². The van der Waals surface area contributed by atoms with Gasteiger partial charge >= 0.3 is 0 Å². The number of ether oxygens (including phenoxy) is 2. The number of hydrogen-bond acceptors (Lipinski definition) is 3. The lowest BCUT2D eigenvalue weighted by atomic mass is 10.0. The monoisotopic (exact) mass is 241 g/mol. The molecule has 0 radical (unpaired) electrons. The second-order valence-corrected chi connectivity index (χ2v) is 4.35. The van der Waals surface area contributed by atoms with Crippen LogP contribution in [0.4, 0.5) is 0 Å². The first-order valence-corrected chi connectivity index (χ1v) is 6.91. The maximum absolute atomic E-state index is 8.96. The molecule has 0 fully saturated rings. The molecule has 0 N–H and O–H groups in total. The van der Waals surface area contributed by atoms with Crippen LogP contribution in [0, 0.1) is 17.2 Å². The van der Waals surface area contributed by atoms with Crippen LogP contribution in [0.3, 0.4) is 0 Å². The van der Waals surface area contributed by atoms with E-state index >= 15 is 0 Å². The number of rotatable bonds is 11. The Morgan fingerprint density at radius 3 is 1.88 bits per heavy atom. The average molecular weight is 241 g/mol. The molecule has 0 bridgehead atoms. The van der Waals surface area contributed by atoms with Crippen LogP contribution in [-0.2, 0) is 9.47 Å². The van der Waals surface area contributed by atoms with Gasteiger partial charge in [0.1, 0.15) is 0 Å². The molecule has 0 amide bonds. The highest BCUT2D eigenvalue weighted by Gasteiger charge is 2.15. The summed E-state index contributed by atoms with van der Waals surface area (Å²) >= 11 is 0. The van der Waals surface area contributed by atoms with Crippen LogP contribution in [0.5, 0.6) is 0 Å². The molecule has 0 heterocycles. The van der Waals surface area contributed by atoms with Crippen LogP contribution in [0.1, 0.15) is 59.3 Å². The van der Waals surface area contributed by atoms with E-state index in [4.69, 9.17) is 14.7 Å². The van der Waals surface area contributed by atoms with Crippen molar-refractivity contribution in [1.29, 1.82) is 5.26 Å². The Labute approximate surface area is 106 Å². The van der Waals surface area contributed by atoms with Gasteiger partial charge in [0.2, 0.25) is 0 Å². The Morgan fingerprint density at radius 1 is 1.00 bits per heavy atom. The predicted octanol–water partition coefficient (Wildman–Crippen LogP) is 3.89. The average Bonchev–Trinajstić information content (AvgIpc) is 2.35. The standard InChI is InChI=1S/C14H27NO2/c1-4-7-9-16-14(17-10-8-5-2)11-13(6-3)12-15/h13-14H,4-11H2,1-3H3. The summed E-state index contributed by atoms with van der Waals surface area (Å²) in [5, 5.41) is 8.96. The van der Waals surface area contributed by atoms with Crippen LogP contribution < -0.4 is 0 Å². The van der Waals surface area contributed by atoms with E-state index in [9.17, 15) is 0 Å². The van der Waals surface area contributed by atoms with Gasteiger partial charge in [0.05, 0.1) is 12.0 Å². The van der Waals surface area contributed by atoms with Gasteiger partial charge in [-0.2, -0.15) is 5.26 Å². The fourth-order valence-corrected chi connectivity index (χ4v) is 1.45. The third-order valence-electron chi connectivity index (χ3n) is 2.76. The maximum atomic E-state index is 8.96. The van der Waals surface area contributed by atoms with Crippen LogP contribution in [0.2, 0.25) is 0 Å². The van der Waals surface area contributed by atoms with Crippen molar-refractivity contribution >= 4 is 0 Å². The first-order chi connectivity index (χ1) is 8.28. The number of nitriles is 1. The lowest BCUT2D eigenvalue weighted by Gasteiger charge is -2.20. The minimum atomic E-state index is -0.197. The van der Waals surface area contributed by atoms with Crippen molar-refractivity contribution in [2.24, 2.45) is 5.92 Å². The fraction of sp³-hybridized carbons (Fsp3) is 0.929. The zero-order valence-corrected chi connectivity index (χ0v) is 11.6. The molecule has 0 aromatic rings. The first kappa shape index (κ1) is 16.4. The molecule has 100 valence electrons. The van der Waals surface area contributed by atoms with Gasteiger partial charge in [0.25, 0.3) is 0 Å². The van der Waals surface area contributed by atoms with Crippen LogP contribution in [-0.4, -0.2) is 19.5 Å². The normalized spacial score (nSPS) is 12.6. The van der Waals surface area contributed by atoms with E-state index < -0.39 is 0 Å². The predicted molar refractivity (Wildman–Crippen MR) is 69.5 cm³/mol. The van der Waals surface area contributed by atoms with Crippen LogP contribution in [0.25, 0.3) is 0 Å². The van der Waals surface area contributed by atoms with Crippen molar-refractivity contribution in [2.75, 3.05) is 13.2 Å². The lowest BCUT2D eigenvalue weighted by molar-refractivity contribution is -0.151. The molecule has 1 atom stereocenters. The highest BCUT2D eigenvalue weighted by molar-refractivity contribution is 4.82. The molecule has 0 rings (SSSR count). The van der Waals surface area contributed by atoms with Gasteiger partial charge in [-0.05, 0) is 19.3 Å². The number of unbranched alkanes of at least 4 members (excludes halogenated alkanes) is 2. The molecule has 0 saturated heterocycles. The molecular weight excluding hydrogens is 214 g/mol. The summed E-state index contributed by atoms with van der Waals surface area (Å²) in [5.41, 5.74) is 0. The zero-order chi connectivity index (χ0) is 12.9. The van der Waals surface area contributed by atoms with E-state index in [1.807, 2.05) is 6.92 Å². The van der Waals surface area contributed by atoms with Crippen molar-refractivity contribution < 1.29 is 9.47 Å². The number of hydrogen-bond donors (Lipinski definition) is 0. The largest absolute Gasteiger partial charge is 0.353 e. The minimum absolute atomic E-state index is 0.0447. The summed E-state index contributed by atoms with van der Waals surface area (Å²) in [6.45, 7) is 7.77. The van der Waals surface area contributed by atoms with E-state index in [-0.39, 0.29) is 12.2 Å². The Balaban J connectivity index is 3.95. The summed E-state index contributed by atoms with van der Waals surface area (Å²) < 4.78 is 11.4. The third kappa shape index (κ3) is 9.14. The molecule has 3 nitrogen and oxygen atoms in total. The highest BCUT2D eigenvalue weighted by Crippen LogP contribution is 2.14. The van der Waals surface area contributed by atoms with Gasteiger partial charge in [0, 0.05) is 19.6 Å². The quantitative estimate of drug-likeness (QED) is 0.407. The first-order valence-electron chi connectivity index (χ1n) is 6.91. The van der Waals surface area contributed by atoms with E-state index in [1.54, 1.807) is 0 Å². The molecule has 17 heavy (non-hydrogen) atoms. The SMILES string of the molecule is CCCCOC(CC(C#N)CC)OCCCC. The van der Waals surface area contributed by atoms with Crippen LogP contribution in [0.15, 0.2) is 0 Å². The number of nitrogens with zero attached hydrogens (tertiary/aromatic N) is 1. The van der Waals surface area contributed by atoms with Crippen molar-refractivity contribution in [3.05, 3.63) is 0 Å². The van der Waals surface area contributed by atoms with Crippen LogP contribution >= 0.6 is 0 Å². The van der Waals surface area contributed by atoms with E-state index in [0.29, 0.717) is 6.42 Å². The Hall–Kier alpha value is -0.590. The molecule has 0 aliphatic heterocycles. The molecule has 0 spiro atoms. The Morgan fingerprint density at radius 2 is 1.53 bits per heavy atom. The minimum Gasteiger partial charge on any atom is -0.353 e. The van der Waals surface area contributed by atoms with Gasteiger partial charge in [-0.1, -0.05) is 33.6 Å². The summed E-state index contributed by atoms with van der Waals surface area (Å²) in [4.78, 5) is 0. The van der Waals surface area contributed by atoms with Gasteiger partial charge < -0.3 is 9.47 Å². The van der Waals surface area contributed by atoms with Gasteiger partial charge in [-0.15, -0.1) is 0 Å². The molecule has 0 saturated carbocycles. The topological polar surface area (TPSA) is 42.2 Å². The van der Waals surface area contributed by atoms with Crippen molar-refractivity contribution in [3.63, 3.8) is 0 Å². The van der Waals surface area contributed by atoms with Crippen molar-refractivity contribution in [3.8, 4) is 6.07 Å². The molecule has 3 heteroatoms. The van der Waals surface area contributed by atoms with Gasteiger partial charge in [-0.3, -0.25) is 0 Å². The van der Waals surface area contributed by atoms with E-state index in [1.165, 1.54) is 0 Å². The van der Waals surface area contributed by atoms with Crippen molar-refractivity contribution in [2.45, 2.75) is 65.6 Å². The molecule has 0 aliphatic rings. The summed E-state index contributed by atoms with van der Waals surface area (Å²) in [6.07, 6.45) is 5.71. The smallest absolute Gasteiger partial charge is 0.158 e. The maximum Gasteiger partial charge on any atom is 0.158 e. The summed E-state index contributed by atoms with van der Waals surface area (Å²) in [7, 11) is 0. The van der Waals surface area contributed by atoms with Gasteiger partial charge in [0.15, 0.2) is 6.29 Å². The summed E-state index contributed by atoms with van der Waals surface area (Å²) in [5.74, 6) is 0.0447. The molecule has 0 aromatic heterocycles. The molecular formula is C14H27NO2. The fourth-order valence-electron chi connectivity index (χ4n) is 1.45. The Bertz CT molecular complexity index is 191. The highest BCUT2D eigenvalue weighted by atomic mass is 16.7. The Kier molecular flexibility index (Phi) is 11.5. The molecule has 0 aliphatic carbocycles. The zero-order valence-electron chi connectivity index (χ0n) is 11.6. The third-order valence-corrected chi connectivity index (χ3v) is 2.76. The van der Waals surface area contributed by atoms with Crippen molar-refractivity contribution in [1.82, 2.24) is 0 Å². The lowest BCUT2D eigenvalue weighted by Crippen LogP contribution is -2.22. The summed E-state index contributed by atoms with van der Waals surface area (Å²) in [6, 6.07) is 2.30. The van der Waals surface area contributed by atoms with Gasteiger partial charge in [-0.25, -0.2) is 0 Å². The molecule has 1 unspecified atom stereocenters. The molecule has 0 aromatic carbocycles. The second-order valence-electron chi connectivity index (χ2n) is 4.35. The second kappa shape index (κ2) is 11.9. The van der Waals surface area contributed by atoms with E-state index in [2.05, 4.69) is 19.9 Å².